The summed E-state index contributed by atoms with van der Waals surface area (Å²) >= 11 is 3.19. The summed E-state index contributed by atoms with van der Waals surface area (Å²) in [5.74, 6) is 5.44. The molecule has 1 aromatic carbocycles. The Morgan fingerprint density at radius 1 is 1.27 bits per heavy atom. The smallest absolute Gasteiger partial charge is 0.166 e. The Labute approximate surface area is 94.6 Å². The van der Waals surface area contributed by atoms with Crippen LogP contribution in [0, 0.1) is 11.8 Å². The lowest BCUT2D eigenvalue weighted by Crippen LogP contribution is -2.04. The van der Waals surface area contributed by atoms with Crippen molar-refractivity contribution in [2.75, 3.05) is 5.33 Å². The van der Waals surface area contributed by atoms with Gasteiger partial charge in [-0.25, -0.2) is 0 Å². The molecule has 0 atom stereocenters. The van der Waals surface area contributed by atoms with E-state index in [1.54, 1.807) is 6.07 Å². The van der Waals surface area contributed by atoms with Crippen LogP contribution in [0.1, 0.15) is 17.5 Å². The van der Waals surface area contributed by atoms with Crippen LogP contribution < -0.4 is 0 Å². The quantitative estimate of drug-likeness (QED) is 0.540. The van der Waals surface area contributed by atoms with Crippen molar-refractivity contribution in [2.24, 2.45) is 0 Å². The molecule has 0 spiro atoms. The number of hydrogen-bond donors (Lipinski definition) is 0. The van der Waals surface area contributed by atoms with Crippen LogP contribution >= 0.6 is 15.9 Å². The highest BCUT2D eigenvalue weighted by Crippen LogP contribution is 2.29. The van der Waals surface area contributed by atoms with Gasteiger partial charge >= 0.3 is 6.18 Å². The van der Waals surface area contributed by atoms with Gasteiger partial charge in [0.15, 0.2) is 0 Å². The Balaban J connectivity index is 2.90. The number of rotatable bonds is 1. The maximum absolute atomic E-state index is 12.3. The molecule has 0 unspecified atom stereocenters. The highest BCUT2D eigenvalue weighted by atomic mass is 79.9. The van der Waals surface area contributed by atoms with Crippen LogP contribution in [-0.4, -0.2) is 5.33 Å². The minimum atomic E-state index is -4.30. The molecule has 0 aliphatic rings. The molecule has 0 bridgehead atoms. The van der Waals surface area contributed by atoms with Crippen LogP contribution in [-0.2, 0) is 6.18 Å². The van der Waals surface area contributed by atoms with Gasteiger partial charge in [-0.3, -0.25) is 0 Å². The fraction of sp³-hybridized carbons (Fsp3) is 0.273. The van der Waals surface area contributed by atoms with Crippen molar-refractivity contribution in [1.82, 2.24) is 0 Å². The van der Waals surface area contributed by atoms with Gasteiger partial charge in [-0.05, 0) is 18.2 Å². The van der Waals surface area contributed by atoms with Crippen LogP contribution in [0.3, 0.4) is 0 Å². The molecule has 0 amide bonds. The summed E-state index contributed by atoms with van der Waals surface area (Å²) in [4.78, 5) is 0. The van der Waals surface area contributed by atoms with Crippen molar-refractivity contribution in [3.05, 3.63) is 35.4 Å². The number of halogens is 4. The van der Waals surface area contributed by atoms with Crippen molar-refractivity contribution >= 4 is 15.9 Å². The van der Waals surface area contributed by atoms with Crippen molar-refractivity contribution in [1.29, 1.82) is 0 Å². The maximum Gasteiger partial charge on any atom is 0.416 e. The average Bonchev–Trinajstić information content (AvgIpc) is 2.17. The Morgan fingerprint density at radius 2 is 2.00 bits per heavy atom. The highest BCUT2D eigenvalue weighted by molar-refractivity contribution is 9.09. The normalized spacial score (nSPS) is 10.7. The van der Waals surface area contributed by atoms with Crippen LogP contribution in [0.4, 0.5) is 13.2 Å². The zero-order valence-corrected chi connectivity index (χ0v) is 9.32. The summed E-state index contributed by atoms with van der Waals surface area (Å²) in [5, 5.41) is 0.721. The third-order valence-electron chi connectivity index (χ3n) is 1.64. The van der Waals surface area contributed by atoms with E-state index in [-0.39, 0.29) is 0 Å². The van der Waals surface area contributed by atoms with Gasteiger partial charge in [0.25, 0.3) is 0 Å². The average molecular weight is 277 g/mol. The standard InChI is InChI=1S/C11H8BrF3/c12-7-2-1-4-9-5-3-6-10(8-9)11(13,14)15/h3,5-6,8H,2,7H2. The van der Waals surface area contributed by atoms with E-state index >= 15 is 0 Å². The van der Waals surface area contributed by atoms with Crippen molar-refractivity contribution in [3.63, 3.8) is 0 Å². The molecule has 0 saturated carbocycles. The van der Waals surface area contributed by atoms with E-state index in [0.29, 0.717) is 12.0 Å². The van der Waals surface area contributed by atoms with E-state index in [1.807, 2.05) is 0 Å². The first-order valence-electron chi connectivity index (χ1n) is 4.26. The Morgan fingerprint density at radius 3 is 2.60 bits per heavy atom. The van der Waals surface area contributed by atoms with Gasteiger partial charge in [0.2, 0.25) is 0 Å². The first kappa shape index (κ1) is 12.1. The van der Waals surface area contributed by atoms with Gasteiger partial charge in [0.1, 0.15) is 0 Å². The zero-order chi connectivity index (χ0) is 11.3. The fourth-order valence-corrected chi connectivity index (χ4v) is 1.18. The van der Waals surface area contributed by atoms with Crippen LogP contribution in [0.25, 0.3) is 0 Å². The molecule has 4 heteroatoms. The summed E-state index contributed by atoms with van der Waals surface area (Å²) in [6, 6.07) is 5.02. The minimum absolute atomic E-state index is 0.394. The van der Waals surface area contributed by atoms with Crippen molar-refractivity contribution in [2.45, 2.75) is 12.6 Å². The number of alkyl halides is 4. The van der Waals surface area contributed by atoms with E-state index in [1.165, 1.54) is 6.07 Å². The lowest BCUT2D eigenvalue weighted by molar-refractivity contribution is -0.137. The molecule has 0 nitrogen and oxygen atoms in total. The first-order valence-corrected chi connectivity index (χ1v) is 5.38. The Bertz CT molecular complexity index is 385. The van der Waals surface area contributed by atoms with Crippen molar-refractivity contribution in [3.8, 4) is 11.8 Å². The summed E-state index contributed by atoms with van der Waals surface area (Å²) < 4.78 is 36.9. The fourth-order valence-electron chi connectivity index (χ4n) is 0.985. The largest absolute Gasteiger partial charge is 0.416 e. The molecule has 0 radical (unpaired) electrons. The summed E-state index contributed by atoms with van der Waals surface area (Å²) in [6.45, 7) is 0. The topological polar surface area (TPSA) is 0 Å². The lowest BCUT2D eigenvalue weighted by atomic mass is 10.1. The molecular formula is C11H8BrF3. The molecule has 0 N–H and O–H groups in total. The summed E-state index contributed by atoms with van der Waals surface area (Å²) in [6.07, 6.45) is -3.68. The van der Waals surface area contributed by atoms with Gasteiger partial charge in [-0.2, -0.15) is 13.2 Å². The van der Waals surface area contributed by atoms with E-state index in [0.717, 1.165) is 17.5 Å². The predicted octanol–water partition coefficient (Wildman–Crippen LogP) is 3.84. The maximum atomic E-state index is 12.3. The molecule has 80 valence electrons. The second kappa shape index (κ2) is 5.22. The molecule has 0 aliphatic carbocycles. The molecule has 0 saturated heterocycles. The van der Waals surface area contributed by atoms with Crippen LogP contribution in [0.15, 0.2) is 24.3 Å². The molecular weight excluding hydrogens is 269 g/mol. The van der Waals surface area contributed by atoms with Crippen molar-refractivity contribution < 1.29 is 13.2 Å². The Kier molecular flexibility index (Phi) is 4.22. The summed E-state index contributed by atoms with van der Waals surface area (Å²) in [7, 11) is 0. The molecule has 0 fully saturated rings. The van der Waals surface area contributed by atoms with E-state index < -0.39 is 11.7 Å². The van der Waals surface area contributed by atoms with Crippen LogP contribution in [0.5, 0.6) is 0 Å². The molecule has 0 aromatic heterocycles. The summed E-state index contributed by atoms with van der Waals surface area (Å²) in [5.41, 5.74) is -0.265. The third kappa shape index (κ3) is 3.96. The second-order valence-corrected chi connectivity index (χ2v) is 3.61. The van der Waals surface area contributed by atoms with Crippen LogP contribution in [0.2, 0.25) is 0 Å². The predicted molar refractivity (Wildman–Crippen MR) is 56.7 cm³/mol. The van der Waals surface area contributed by atoms with E-state index in [2.05, 4.69) is 27.8 Å². The first-order chi connectivity index (χ1) is 7.04. The van der Waals surface area contributed by atoms with Gasteiger partial charge < -0.3 is 0 Å². The number of hydrogen-bond acceptors (Lipinski definition) is 0. The Hall–Kier alpha value is -0.950. The third-order valence-corrected chi connectivity index (χ3v) is 2.04. The van der Waals surface area contributed by atoms with Gasteiger partial charge in [-0.1, -0.05) is 33.8 Å². The van der Waals surface area contributed by atoms with E-state index in [4.69, 9.17) is 0 Å². The monoisotopic (exact) mass is 276 g/mol. The minimum Gasteiger partial charge on any atom is -0.166 e. The zero-order valence-electron chi connectivity index (χ0n) is 7.74. The second-order valence-electron chi connectivity index (χ2n) is 2.82. The van der Waals surface area contributed by atoms with E-state index in [9.17, 15) is 13.2 Å². The molecule has 15 heavy (non-hydrogen) atoms. The molecule has 0 aliphatic heterocycles. The number of benzene rings is 1. The lowest BCUT2D eigenvalue weighted by Gasteiger charge is -2.05. The SMILES string of the molecule is FC(F)(F)c1cccc(C#CCCBr)c1. The molecule has 1 rings (SSSR count). The van der Waals surface area contributed by atoms with Gasteiger partial charge in [0.05, 0.1) is 5.56 Å². The highest BCUT2D eigenvalue weighted by Gasteiger charge is 2.30. The van der Waals surface area contributed by atoms with Gasteiger partial charge in [0, 0.05) is 17.3 Å². The van der Waals surface area contributed by atoms with Gasteiger partial charge in [-0.15, -0.1) is 0 Å². The molecule has 1 aromatic rings. The molecule has 0 heterocycles.